The zero-order valence-electron chi connectivity index (χ0n) is 12.3. The smallest absolute Gasteiger partial charge is 0.131 e. The standard InChI is InChI=1S/C16H22N2OS/c1-4-5-16-18-13(10-20-16)9-19-15-8-11(2)6-7-14(15)12(3)17/h6-8,10,12H,4-5,9,17H2,1-3H3/t12-/m0/s1. The van der Waals surface area contributed by atoms with Gasteiger partial charge in [0.25, 0.3) is 0 Å². The van der Waals surface area contributed by atoms with Gasteiger partial charge in [-0.2, -0.15) is 0 Å². The van der Waals surface area contributed by atoms with Crippen molar-refractivity contribution in [3.8, 4) is 5.75 Å². The zero-order valence-corrected chi connectivity index (χ0v) is 13.2. The molecule has 0 saturated heterocycles. The molecule has 0 radical (unpaired) electrons. The molecule has 2 N–H and O–H groups in total. The van der Waals surface area contributed by atoms with E-state index in [1.807, 2.05) is 19.1 Å². The van der Waals surface area contributed by atoms with Crippen molar-refractivity contribution in [2.75, 3.05) is 0 Å². The van der Waals surface area contributed by atoms with E-state index < -0.39 is 0 Å². The Morgan fingerprint density at radius 3 is 2.90 bits per heavy atom. The SMILES string of the molecule is CCCc1nc(COc2cc(C)ccc2[C@H](C)N)cs1. The first-order valence-corrected chi connectivity index (χ1v) is 7.90. The number of benzene rings is 1. The highest BCUT2D eigenvalue weighted by atomic mass is 32.1. The normalized spacial score (nSPS) is 12.4. The van der Waals surface area contributed by atoms with E-state index in [9.17, 15) is 0 Å². The lowest BCUT2D eigenvalue weighted by atomic mass is 10.1. The van der Waals surface area contributed by atoms with E-state index in [4.69, 9.17) is 10.5 Å². The molecule has 3 nitrogen and oxygen atoms in total. The Kier molecular flexibility index (Phi) is 5.15. The highest BCUT2D eigenvalue weighted by Gasteiger charge is 2.09. The van der Waals surface area contributed by atoms with Gasteiger partial charge in [-0.05, 0) is 38.3 Å². The molecule has 2 aromatic rings. The number of aryl methyl sites for hydroxylation is 2. The van der Waals surface area contributed by atoms with E-state index in [1.165, 1.54) is 10.6 Å². The lowest BCUT2D eigenvalue weighted by Gasteiger charge is -2.14. The summed E-state index contributed by atoms with van der Waals surface area (Å²) in [6.45, 7) is 6.70. The third kappa shape index (κ3) is 3.81. The van der Waals surface area contributed by atoms with Gasteiger partial charge in [-0.3, -0.25) is 0 Å². The highest BCUT2D eigenvalue weighted by Crippen LogP contribution is 2.26. The predicted molar refractivity (Wildman–Crippen MR) is 84.2 cm³/mol. The fourth-order valence-electron chi connectivity index (χ4n) is 2.04. The van der Waals surface area contributed by atoms with Gasteiger partial charge in [0, 0.05) is 17.0 Å². The van der Waals surface area contributed by atoms with Gasteiger partial charge in [-0.1, -0.05) is 19.1 Å². The van der Waals surface area contributed by atoms with E-state index >= 15 is 0 Å². The van der Waals surface area contributed by atoms with Crippen LogP contribution in [0.25, 0.3) is 0 Å². The van der Waals surface area contributed by atoms with Crippen molar-refractivity contribution >= 4 is 11.3 Å². The maximum atomic E-state index is 5.98. The monoisotopic (exact) mass is 290 g/mol. The lowest BCUT2D eigenvalue weighted by molar-refractivity contribution is 0.297. The Labute approximate surface area is 124 Å². The van der Waals surface area contributed by atoms with Crippen LogP contribution in [0.4, 0.5) is 0 Å². The average Bonchev–Trinajstić information content (AvgIpc) is 2.84. The van der Waals surface area contributed by atoms with Crippen molar-refractivity contribution in [2.45, 2.75) is 46.3 Å². The molecule has 0 amide bonds. The van der Waals surface area contributed by atoms with Crippen LogP contribution >= 0.6 is 11.3 Å². The summed E-state index contributed by atoms with van der Waals surface area (Å²) >= 11 is 1.71. The van der Waals surface area contributed by atoms with Gasteiger partial charge in [-0.15, -0.1) is 11.3 Å². The molecule has 0 fully saturated rings. The second-order valence-corrected chi connectivity index (χ2v) is 6.04. The Hall–Kier alpha value is -1.39. The summed E-state index contributed by atoms with van der Waals surface area (Å²) in [6, 6.07) is 6.11. The Bertz CT molecular complexity index is 563. The number of rotatable bonds is 6. The van der Waals surface area contributed by atoms with Crippen LogP contribution in [-0.2, 0) is 13.0 Å². The van der Waals surface area contributed by atoms with Crippen molar-refractivity contribution in [3.63, 3.8) is 0 Å². The summed E-state index contributed by atoms with van der Waals surface area (Å²) in [7, 11) is 0. The molecule has 0 aliphatic rings. The van der Waals surface area contributed by atoms with Gasteiger partial charge in [0.1, 0.15) is 12.4 Å². The number of thiazole rings is 1. The van der Waals surface area contributed by atoms with E-state index in [0.717, 1.165) is 29.8 Å². The van der Waals surface area contributed by atoms with Crippen molar-refractivity contribution in [1.29, 1.82) is 0 Å². The number of nitrogens with two attached hydrogens (primary N) is 1. The van der Waals surface area contributed by atoms with Gasteiger partial charge in [0.05, 0.1) is 10.7 Å². The van der Waals surface area contributed by atoms with Gasteiger partial charge in [0.2, 0.25) is 0 Å². The molecule has 1 aromatic carbocycles. The van der Waals surface area contributed by atoms with Gasteiger partial charge in [-0.25, -0.2) is 4.98 Å². The van der Waals surface area contributed by atoms with Gasteiger partial charge in [0.15, 0.2) is 0 Å². The molecule has 0 bridgehead atoms. The van der Waals surface area contributed by atoms with Crippen molar-refractivity contribution in [1.82, 2.24) is 4.98 Å². The molecule has 1 aromatic heterocycles. The summed E-state index contributed by atoms with van der Waals surface area (Å²) < 4.78 is 5.92. The van der Waals surface area contributed by atoms with Crippen LogP contribution in [0.3, 0.4) is 0 Å². The molecular formula is C16H22N2OS. The minimum atomic E-state index is -0.0308. The van der Waals surface area contributed by atoms with E-state index in [-0.39, 0.29) is 6.04 Å². The first-order valence-electron chi connectivity index (χ1n) is 7.02. The maximum Gasteiger partial charge on any atom is 0.131 e. The Morgan fingerprint density at radius 1 is 1.40 bits per heavy atom. The Balaban J connectivity index is 2.07. The molecule has 0 spiro atoms. The molecule has 1 heterocycles. The summed E-state index contributed by atoms with van der Waals surface area (Å²) in [6.07, 6.45) is 2.17. The summed E-state index contributed by atoms with van der Waals surface area (Å²) in [5.74, 6) is 0.866. The van der Waals surface area contributed by atoms with E-state index in [2.05, 4.69) is 30.3 Å². The summed E-state index contributed by atoms with van der Waals surface area (Å²) in [5, 5.41) is 3.26. The predicted octanol–water partition coefficient (Wildman–Crippen LogP) is 4.00. The number of ether oxygens (including phenoxy) is 1. The highest BCUT2D eigenvalue weighted by molar-refractivity contribution is 7.09. The number of hydrogen-bond acceptors (Lipinski definition) is 4. The first kappa shape index (κ1) is 15.0. The molecule has 2 rings (SSSR count). The van der Waals surface area contributed by atoms with Crippen molar-refractivity contribution in [3.05, 3.63) is 45.4 Å². The third-order valence-corrected chi connectivity index (χ3v) is 4.06. The molecule has 20 heavy (non-hydrogen) atoms. The quantitative estimate of drug-likeness (QED) is 0.874. The molecule has 0 unspecified atom stereocenters. The van der Waals surface area contributed by atoms with Crippen LogP contribution in [0.2, 0.25) is 0 Å². The van der Waals surface area contributed by atoms with Gasteiger partial charge < -0.3 is 10.5 Å². The van der Waals surface area contributed by atoms with Crippen molar-refractivity contribution in [2.24, 2.45) is 5.73 Å². The van der Waals surface area contributed by atoms with Gasteiger partial charge >= 0.3 is 0 Å². The molecule has 108 valence electrons. The second kappa shape index (κ2) is 6.86. The molecule has 1 atom stereocenters. The number of nitrogens with zero attached hydrogens (tertiary/aromatic N) is 1. The largest absolute Gasteiger partial charge is 0.487 e. The maximum absolute atomic E-state index is 5.98. The third-order valence-electron chi connectivity index (χ3n) is 3.10. The lowest BCUT2D eigenvalue weighted by Crippen LogP contribution is -2.08. The van der Waals surface area contributed by atoms with Crippen LogP contribution in [0.5, 0.6) is 5.75 Å². The summed E-state index contributed by atoms with van der Waals surface area (Å²) in [5.41, 5.74) is 9.20. The average molecular weight is 290 g/mol. The molecule has 0 aliphatic carbocycles. The van der Waals surface area contributed by atoms with Crippen LogP contribution in [-0.4, -0.2) is 4.98 Å². The van der Waals surface area contributed by atoms with Crippen molar-refractivity contribution < 1.29 is 4.74 Å². The van der Waals surface area contributed by atoms with Crippen LogP contribution in [0.1, 0.15) is 48.1 Å². The fraction of sp³-hybridized carbons (Fsp3) is 0.438. The van der Waals surface area contributed by atoms with Crippen LogP contribution < -0.4 is 10.5 Å². The Morgan fingerprint density at radius 2 is 2.20 bits per heavy atom. The molecule has 4 heteroatoms. The van der Waals surface area contributed by atoms with E-state index in [1.54, 1.807) is 11.3 Å². The minimum Gasteiger partial charge on any atom is -0.487 e. The summed E-state index contributed by atoms with van der Waals surface area (Å²) in [4.78, 5) is 4.57. The second-order valence-electron chi connectivity index (χ2n) is 5.10. The molecular weight excluding hydrogens is 268 g/mol. The number of aromatic nitrogens is 1. The van der Waals surface area contributed by atoms with Crippen LogP contribution in [0, 0.1) is 6.92 Å². The zero-order chi connectivity index (χ0) is 14.5. The molecule has 0 aliphatic heterocycles. The first-order chi connectivity index (χ1) is 9.60. The van der Waals surface area contributed by atoms with Crippen LogP contribution in [0.15, 0.2) is 23.6 Å². The molecule has 0 saturated carbocycles. The van der Waals surface area contributed by atoms with E-state index in [0.29, 0.717) is 6.61 Å². The minimum absolute atomic E-state index is 0.0308. The number of hydrogen-bond donors (Lipinski definition) is 1. The fourth-order valence-corrected chi connectivity index (χ4v) is 2.92. The topological polar surface area (TPSA) is 48.1 Å².